The van der Waals surface area contributed by atoms with E-state index < -0.39 is 10.0 Å². The molecule has 3 aliphatic rings. The normalized spacial score (nSPS) is 20.3. The van der Waals surface area contributed by atoms with Gasteiger partial charge in [0.1, 0.15) is 0 Å². The van der Waals surface area contributed by atoms with Gasteiger partial charge >= 0.3 is 0 Å². The van der Waals surface area contributed by atoms with E-state index in [-0.39, 0.29) is 17.7 Å². The summed E-state index contributed by atoms with van der Waals surface area (Å²) in [6, 6.07) is 5.49. The quantitative estimate of drug-likeness (QED) is 0.740. The molecular formula is C22H31N3O4S. The van der Waals surface area contributed by atoms with E-state index in [0.717, 1.165) is 50.8 Å². The summed E-state index contributed by atoms with van der Waals surface area (Å²) in [5.74, 6) is -0.166. The number of piperidine rings is 1. The minimum Gasteiger partial charge on any atom is -0.355 e. The molecule has 1 aromatic carbocycles. The first-order chi connectivity index (χ1) is 14.4. The molecule has 2 fully saturated rings. The molecule has 164 valence electrons. The highest BCUT2D eigenvalue weighted by Gasteiger charge is 2.32. The number of fused-ring (bicyclic) bond motifs is 1. The largest absolute Gasteiger partial charge is 0.355 e. The number of amides is 2. The molecule has 1 aliphatic carbocycles. The fourth-order valence-corrected chi connectivity index (χ4v) is 6.30. The Morgan fingerprint density at radius 3 is 2.40 bits per heavy atom. The van der Waals surface area contributed by atoms with Crippen molar-refractivity contribution in [2.24, 2.45) is 5.92 Å². The molecular weight excluding hydrogens is 402 g/mol. The topological polar surface area (TPSA) is 86.8 Å². The second-order valence-corrected chi connectivity index (χ2v) is 10.5. The molecule has 30 heavy (non-hydrogen) atoms. The average molecular weight is 434 g/mol. The van der Waals surface area contributed by atoms with Crippen LogP contribution in [0.3, 0.4) is 0 Å². The first-order valence-electron chi connectivity index (χ1n) is 11.1. The molecule has 2 aliphatic heterocycles. The van der Waals surface area contributed by atoms with Gasteiger partial charge < -0.3 is 10.2 Å². The number of nitrogens with zero attached hydrogens (tertiary/aromatic N) is 2. The van der Waals surface area contributed by atoms with Gasteiger partial charge in [0.2, 0.25) is 21.8 Å². The molecule has 0 radical (unpaired) electrons. The summed E-state index contributed by atoms with van der Waals surface area (Å²) in [6.07, 6.45) is 6.53. The number of hydrogen-bond acceptors (Lipinski definition) is 4. The number of sulfonamides is 1. The number of benzene rings is 1. The van der Waals surface area contributed by atoms with E-state index in [1.807, 2.05) is 17.0 Å². The zero-order valence-electron chi connectivity index (χ0n) is 17.4. The molecule has 0 spiro atoms. The third kappa shape index (κ3) is 4.54. The highest BCUT2D eigenvalue weighted by molar-refractivity contribution is 7.89. The van der Waals surface area contributed by atoms with Crippen LogP contribution in [0.25, 0.3) is 0 Å². The van der Waals surface area contributed by atoms with E-state index in [0.29, 0.717) is 43.8 Å². The number of rotatable bonds is 6. The summed E-state index contributed by atoms with van der Waals surface area (Å²) < 4.78 is 27.5. The molecule has 4 rings (SSSR count). The highest BCUT2D eigenvalue weighted by Crippen LogP contribution is 2.28. The van der Waals surface area contributed by atoms with Crippen LogP contribution < -0.4 is 5.32 Å². The van der Waals surface area contributed by atoms with E-state index in [1.54, 1.807) is 6.07 Å². The van der Waals surface area contributed by atoms with Gasteiger partial charge in [0.25, 0.3) is 0 Å². The summed E-state index contributed by atoms with van der Waals surface area (Å²) >= 11 is 0. The monoisotopic (exact) mass is 433 g/mol. The van der Waals surface area contributed by atoms with E-state index >= 15 is 0 Å². The summed E-state index contributed by atoms with van der Waals surface area (Å²) in [5.41, 5.74) is 2.40. The second kappa shape index (κ2) is 9.06. The van der Waals surface area contributed by atoms with Crippen LogP contribution in [-0.4, -0.2) is 62.2 Å². The summed E-state index contributed by atoms with van der Waals surface area (Å²) in [7, 11) is -3.52. The molecule has 1 N–H and O–H groups in total. The van der Waals surface area contributed by atoms with Crippen LogP contribution >= 0.6 is 0 Å². The van der Waals surface area contributed by atoms with Crippen LogP contribution in [0.2, 0.25) is 0 Å². The van der Waals surface area contributed by atoms with Crippen LogP contribution in [0.4, 0.5) is 0 Å². The number of aryl methyl sites for hydroxylation is 2. The van der Waals surface area contributed by atoms with Gasteiger partial charge in [-0.25, -0.2) is 8.42 Å². The van der Waals surface area contributed by atoms with Gasteiger partial charge in [-0.3, -0.25) is 9.59 Å². The fourth-order valence-electron chi connectivity index (χ4n) is 4.78. The highest BCUT2D eigenvalue weighted by atomic mass is 32.2. The number of nitrogens with one attached hydrogen (secondary N) is 1. The zero-order chi connectivity index (χ0) is 21.1. The Bertz CT molecular complexity index is 901. The van der Waals surface area contributed by atoms with Crippen molar-refractivity contribution < 1.29 is 18.0 Å². The van der Waals surface area contributed by atoms with Crippen LogP contribution in [0.15, 0.2) is 23.1 Å². The Morgan fingerprint density at radius 1 is 0.967 bits per heavy atom. The summed E-state index contributed by atoms with van der Waals surface area (Å²) in [6.45, 7) is 2.70. The first-order valence-corrected chi connectivity index (χ1v) is 12.6. The molecule has 0 atom stereocenters. The third-order valence-corrected chi connectivity index (χ3v) is 8.52. The van der Waals surface area contributed by atoms with Crippen LogP contribution in [0.1, 0.15) is 49.7 Å². The van der Waals surface area contributed by atoms with Gasteiger partial charge in [-0.15, -0.1) is 0 Å². The van der Waals surface area contributed by atoms with Gasteiger partial charge in [-0.2, -0.15) is 4.31 Å². The maximum Gasteiger partial charge on any atom is 0.243 e. The maximum absolute atomic E-state index is 13.0. The van der Waals surface area contributed by atoms with Crippen molar-refractivity contribution >= 4 is 21.8 Å². The number of carbonyl (C=O) groups excluding carboxylic acids is 2. The lowest BCUT2D eigenvalue weighted by Crippen LogP contribution is -2.43. The van der Waals surface area contributed by atoms with E-state index in [4.69, 9.17) is 0 Å². The number of carbonyl (C=O) groups is 2. The molecule has 7 nitrogen and oxygen atoms in total. The van der Waals surface area contributed by atoms with Gasteiger partial charge in [-0.1, -0.05) is 6.07 Å². The molecule has 8 heteroatoms. The number of likely N-dealkylation sites (tertiary alicyclic amines) is 1. The van der Waals surface area contributed by atoms with Crippen molar-refractivity contribution in [3.8, 4) is 0 Å². The standard InChI is InChI=1S/C22H31N3O4S/c26-21(24-12-1-2-13-24)8-11-23-22(27)18-9-14-25(15-10-18)30(28,29)20-7-6-17-4-3-5-19(17)16-20/h6-7,16,18H,1-5,8-15H2,(H,23,27). The van der Waals surface area contributed by atoms with Gasteiger partial charge in [-0.05, 0) is 68.2 Å². The number of hydrogen-bond donors (Lipinski definition) is 1. The predicted octanol–water partition coefficient (Wildman–Crippen LogP) is 1.70. The lowest BCUT2D eigenvalue weighted by Gasteiger charge is -2.30. The molecule has 1 aromatic rings. The molecule has 2 heterocycles. The third-order valence-electron chi connectivity index (χ3n) is 6.63. The summed E-state index contributed by atoms with van der Waals surface area (Å²) in [5, 5.41) is 2.87. The summed E-state index contributed by atoms with van der Waals surface area (Å²) in [4.78, 5) is 26.7. The van der Waals surface area contributed by atoms with Crippen molar-refractivity contribution in [2.75, 3.05) is 32.7 Å². The van der Waals surface area contributed by atoms with Gasteiger partial charge in [0.15, 0.2) is 0 Å². The molecule has 0 saturated carbocycles. The van der Waals surface area contributed by atoms with Crippen LogP contribution in [0.5, 0.6) is 0 Å². The van der Waals surface area contributed by atoms with E-state index in [1.165, 1.54) is 9.87 Å². The van der Waals surface area contributed by atoms with E-state index in [9.17, 15) is 18.0 Å². The Hall–Kier alpha value is -1.93. The average Bonchev–Trinajstić information content (AvgIpc) is 3.45. The van der Waals surface area contributed by atoms with Crippen molar-refractivity contribution in [1.82, 2.24) is 14.5 Å². The fraction of sp³-hybridized carbons (Fsp3) is 0.636. The molecule has 2 amide bonds. The van der Waals surface area contributed by atoms with Crippen LogP contribution in [0, 0.1) is 5.92 Å². The van der Waals surface area contributed by atoms with Gasteiger partial charge in [0, 0.05) is 45.1 Å². The Labute approximate surface area is 178 Å². The van der Waals surface area contributed by atoms with Crippen molar-refractivity contribution in [1.29, 1.82) is 0 Å². The van der Waals surface area contributed by atoms with Crippen LogP contribution in [-0.2, 0) is 32.5 Å². The molecule has 0 aromatic heterocycles. The van der Waals surface area contributed by atoms with E-state index in [2.05, 4.69) is 5.32 Å². The first kappa shape index (κ1) is 21.3. The van der Waals surface area contributed by atoms with Crippen molar-refractivity contribution in [3.63, 3.8) is 0 Å². The van der Waals surface area contributed by atoms with Crippen molar-refractivity contribution in [2.45, 2.75) is 56.3 Å². The smallest absolute Gasteiger partial charge is 0.243 e. The SMILES string of the molecule is O=C(NCCC(=O)N1CCCC1)C1CCN(S(=O)(=O)c2ccc3c(c2)CCC3)CC1. The Morgan fingerprint density at radius 2 is 1.67 bits per heavy atom. The van der Waals surface area contributed by atoms with Crippen molar-refractivity contribution in [3.05, 3.63) is 29.3 Å². The van der Waals surface area contributed by atoms with Gasteiger partial charge in [0.05, 0.1) is 4.90 Å². The zero-order valence-corrected chi connectivity index (χ0v) is 18.3. The lowest BCUT2D eigenvalue weighted by atomic mass is 9.97. The minimum atomic E-state index is -3.52. The predicted molar refractivity (Wildman–Crippen MR) is 113 cm³/mol. The molecule has 0 bridgehead atoms. The molecule has 0 unspecified atom stereocenters. The Kier molecular flexibility index (Phi) is 6.43. The minimum absolute atomic E-state index is 0.0706. The second-order valence-electron chi connectivity index (χ2n) is 8.59. The Balaban J connectivity index is 1.25. The maximum atomic E-state index is 13.0. The lowest BCUT2D eigenvalue weighted by molar-refractivity contribution is -0.130. The molecule has 2 saturated heterocycles.